The smallest absolute Gasteiger partial charge is 0.340 e. The molecule has 0 aliphatic heterocycles. The molecule has 0 aromatic heterocycles. The van der Waals surface area contributed by atoms with Crippen LogP contribution in [0.3, 0.4) is 0 Å². The van der Waals surface area contributed by atoms with Crippen LogP contribution in [-0.4, -0.2) is 36.5 Å². The van der Waals surface area contributed by atoms with Gasteiger partial charge in [-0.3, -0.25) is 0 Å². The maximum Gasteiger partial charge on any atom is 0.340 e. The summed E-state index contributed by atoms with van der Waals surface area (Å²) in [6.45, 7) is 3.96. The SMILES string of the molecule is CCCC[C@@H](F)C(=O)O[C@H]1CC[C@H](c2ccc([C@H]3CC[C@H](OC(=O)[C@H](F)CCCC)CC3)cc2)CC1. The van der Waals surface area contributed by atoms with Gasteiger partial charge in [0.05, 0.1) is 0 Å². The molecule has 0 spiro atoms. The van der Waals surface area contributed by atoms with E-state index < -0.39 is 24.3 Å². The Bertz CT molecular complexity index is 729. The molecule has 2 saturated carbocycles. The molecule has 1 aromatic rings. The molecule has 2 aliphatic rings. The topological polar surface area (TPSA) is 52.6 Å². The molecule has 0 unspecified atom stereocenters. The van der Waals surface area contributed by atoms with Crippen molar-refractivity contribution in [3.63, 3.8) is 0 Å². The van der Waals surface area contributed by atoms with E-state index in [0.717, 1.165) is 64.2 Å². The van der Waals surface area contributed by atoms with Crippen LogP contribution in [0, 0.1) is 0 Å². The predicted molar refractivity (Wildman–Crippen MR) is 137 cm³/mol. The highest BCUT2D eigenvalue weighted by molar-refractivity contribution is 5.75. The number of ether oxygens (including phenoxy) is 2. The van der Waals surface area contributed by atoms with Crippen LogP contribution in [0.5, 0.6) is 0 Å². The first-order valence-electron chi connectivity index (χ1n) is 14.2. The highest BCUT2D eigenvalue weighted by Gasteiger charge is 2.29. The lowest BCUT2D eigenvalue weighted by atomic mass is 9.80. The quantitative estimate of drug-likeness (QED) is 0.271. The lowest BCUT2D eigenvalue weighted by Crippen LogP contribution is -2.28. The number of benzene rings is 1. The molecule has 1 aromatic carbocycles. The Morgan fingerprint density at radius 3 is 1.33 bits per heavy atom. The number of carbonyl (C=O) groups excluding carboxylic acids is 2. The average Bonchev–Trinajstić information content (AvgIpc) is 2.91. The molecule has 6 heteroatoms. The first-order chi connectivity index (χ1) is 17.4. The number of rotatable bonds is 12. The summed E-state index contributed by atoms with van der Waals surface area (Å²) in [6, 6.07) is 8.84. The van der Waals surface area contributed by atoms with Crippen molar-refractivity contribution in [3.05, 3.63) is 35.4 Å². The summed E-state index contributed by atoms with van der Waals surface area (Å²) in [4.78, 5) is 23.9. The maximum absolute atomic E-state index is 13.9. The Hall–Kier alpha value is -1.98. The van der Waals surface area contributed by atoms with Crippen LogP contribution in [0.2, 0.25) is 0 Å². The molecule has 3 rings (SSSR count). The van der Waals surface area contributed by atoms with E-state index in [-0.39, 0.29) is 25.0 Å². The molecule has 36 heavy (non-hydrogen) atoms. The molecule has 202 valence electrons. The molecule has 0 bridgehead atoms. The highest BCUT2D eigenvalue weighted by atomic mass is 19.1. The van der Waals surface area contributed by atoms with Gasteiger partial charge in [-0.2, -0.15) is 0 Å². The number of hydrogen-bond acceptors (Lipinski definition) is 4. The minimum Gasteiger partial charge on any atom is -0.460 e. The first-order valence-corrected chi connectivity index (χ1v) is 14.2. The summed E-state index contributed by atoms with van der Waals surface area (Å²) in [5, 5.41) is 0. The Kier molecular flexibility index (Phi) is 11.7. The number of halogens is 2. The van der Waals surface area contributed by atoms with Gasteiger partial charge >= 0.3 is 11.9 Å². The van der Waals surface area contributed by atoms with E-state index >= 15 is 0 Å². The van der Waals surface area contributed by atoms with Crippen LogP contribution in [0.1, 0.15) is 127 Å². The van der Waals surface area contributed by atoms with Gasteiger partial charge < -0.3 is 9.47 Å². The Morgan fingerprint density at radius 1 is 0.694 bits per heavy atom. The fraction of sp³-hybridized carbons (Fsp3) is 0.733. The van der Waals surface area contributed by atoms with Crippen LogP contribution in [0.25, 0.3) is 0 Å². The summed E-state index contributed by atoms with van der Waals surface area (Å²) >= 11 is 0. The van der Waals surface area contributed by atoms with Gasteiger partial charge in [-0.25, -0.2) is 18.4 Å². The second kappa shape index (κ2) is 14.7. The van der Waals surface area contributed by atoms with E-state index in [9.17, 15) is 18.4 Å². The molecule has 0 saturated heterocycles. The second-order valence-corrected chi connectivity index (χ2v) is 10.7. The largest absolute Gasteiger partial charge is 0.460 e. The van der Waals surface area contributed by atoms with Crippen molar-refractivity contribution >= 4 is 11.9 Å². The zero-order valence-electron chi connectivity index (χ0n) is 22.1. The summed E-state index contributed by atoms with van der Waals surface area (Å²) in [6.07, 6.45) is 7.17. The molecule has 0 amide bonds. The van der Waals surface area contributed by atoms with Crippen LogP contribution in [-0.2, 0) is 19.1 Å². The predicted octanol–water partition coefficient (Wildman–Crippen LogP) is 7.88. The maximum atomic E-state index is 13.9. The molecule has 2 atom stereocenters. The molecule has 0 N–H and O–H groups in total. The van der Waals surface area contributed by atoms with Gasteiger partial charge in [-0.05, 0) is 87.2 Å². The Morgan fingerprint density at radius 2 is 1.03 bits per heavy atom. The summed E-state index contributed by atoms with van der Waals surface area (Å²) in [5.41, 5.74) is 2.61. The van der Waals surface area contributed by atoms with Gasteiger partial charge in [0.25, 0.3) is 0 Å². The molecule has 0 radical (unpaired) electrons. The first kappa shape index (κ1) is 28.6. The minimum absolute atomic E-state index is 0.170. The van der Waals surface area contributed by atoms with Gasteiger partial charge in [0.1, 0.15) is 12.2 Å². The van der Waals surface area contributed by atoms with Gasteiger partial charge in [-0.15, -0.1) is 0 Å². The van der Waals surface area contributed by atoms with Crippen molar-refractivity contribution in [3.8, 4) is 0 Å². The van der Waals surface area contributed by atoms with Gasteiger partial charge in [0.15, 0.2) is 12.3 Å². The second-order valence-electron chi connectivity index (χ2n) is 10.7. The lowest BCUT2D eigenvalue weighted by molar-refractivity contribution is -0.157. The molecule has 2 fully saturated rings. The van der Waals surface area contributed by atoms with Crippen molar-refractivity contribution in [1.29, 1.82) is 0 Å². The van der Waals surface area contributed by atoms with E-state index in [1.165, 1.54) is 11.1 Å². The fourth-order valence-corrected chi connectivity index (χ4v) is 5.55. The van der Waals surface area contributed by atoms with E-state index in [2.05, 4.69) is 24.3 Å². The summed E-state index contributed by atoms with van der Waals surface area (Å²) in [7, 11) is 0. The lowest BCUT2D eigenvalue weighted by Gasteiger charge is -2.30. The summed E-state index contributed by atoms with van der Waals surface area (Å²) in [5.74, 6) is -0.512. The molecule has 2 aliphatic carbocycles. The van der Waals surface area contributed by atoms with E-state index in [1.54, 1.807) is 0 Å². The van der Waals surface area contributed by atoms with Crippen LogP contribution < -0.4 is 0 Å². The van der Waals surface area contributed by atoms with E-state index in [1.807, 2.05) is 13.8 Å². The molecule has 4 nitrogen and oxygen atoms in total. The minimum atomic E-state index is -1.50. The van der Waals surface area contributed by atoms with Crippen LogP contribution >= 0.6 is 0 Å². The monoisotopic (exact) mass is 506 g/mol. The third-order valence-electron chi connectivity index (χ3n) is 7.93. The number of esters is 2. The molecule has 0 heterocycles. The third kappa shape index (κ3) is 8.55. The van der Waals surface area contributed by atoms with Gasteiger partial charge in [0, 0.05) is 0 Å². The molecular formula is C30H44F2O4. The summed E-state index contributed by atoms with van der Waals surface area (Å²) < 4.78 is 38.7. The van der Waals surface area contributed by atoms with Gasteiger partial charge in [0.2, 0.25) is 0 Å². The number of hydrogen-bond donors (Lipinski definition) is 0. The number of unbranched alkanes of at least 4 members (excludes halogenated alkanes) is 2. The van der Waals surface area contributed by atoms with Crippen molar-refractivity contribution in [2.75, 3.05) is 0 Å². The van der Waals surface area contributed by atoms with E-state index in [0.29, 0.717) is 24.7 Å². The number of carbonyl (C=O) groups is 2. The highest BCUT2D eigenvalue weighted by Crippen LogP contribution is 2.37. The zero-order valence-corrected chi connectivity index (χ0v) is 22.1. The fourth-order valence-electron chi connectivity index (χ4n) is 5.55. The average molecular weight is 507 g/mol. The Labute approximate surface area is 215 Å². The zero-order chi connectivity index (χ0) is 25.9. The Balaban J connectivity index is 1.40. The van der Waals surface area contributed by atoms with Crippen molar-refractivity contribution in [2.24, 2.45) is 0 Å². The number of alkyl halides is 2. The molecular weight excluding hydrogens is 462 g/mol. The van der Waals surface area contributed by atoms with Crippen LogP contribution in [0.15, 0.2) is 24.3 Å². The van der Waals surface area contributed by atoms with Crippen molar-refractivity contribution in [1.82, 2.24) is 0 Å². The van der Waals surface area contributed by atoms with E-state index in [4.69, 9.17) is 9.47 Å². The van der Waals surface area contributed by atoms with Crippen LogP contribution in [0.4, 0.5) is 8.78 Å². The van der Waals surface area contributed by atoms with Crippen molar-refractivity contribution < 1.29 is 27.8 Å². The third-order valence-corrected chi connectivity index (χ3v) is 7.93. The van der Waals surface area contributed by atoms with Gasteiger partial charge in [-0.1, -0.05) is 63.8 Å². The standard InChI is InChI=1S/C30H44F2O4/c1-3-5-7-27(31)29(33)35-25-17-13-23(14-18-25)21-9-11-22(12-10-21)24-15-19-26(20-16-24)36-30(34)28(32)8-6-4-2/h9-12,23-28H,3-8,13-20H2,1-2H3/t23-,24-,25-,26-,27-,28-/m1/s1. The normalized spacial score (nSPS) is 26.1. The van der Waals surface area contributed by atoms with Crippen molar-refractivity contribution in [2.45, 2.75) is 140 Å².